The normalized spacial score (nSPS) is 37.2. The third-order valence-corrected chi connectivity index (χ3v) is 3.32. The van der Waals surface area contributed by atoms with E-state index in [9.17, 15) is 0 Å². The van der Waals surface area contributed by atoms with E-state index in [0.717, 1.165) is 26.1 Å². The van der Waals surface area contributed by atoms with Crippen molar-refractivity contribution < 1.29 is 9.47 Å². The zero-order valence-electron chi connectivity index (χ0n) is 10.3. The highest BCUT2D eigenvalue weighted by Gasteiger charge is 2.41. The summed E-state index contributed by atoms with van der Waals surface area (Å²) in [6.45, 7) is 3.47. The molecule has 1 aliphatic rings. The molecule has 0 aromatic carbocycles. The molecular weight excluding hydrogens is 192 g/mol. The van der Waals surface area contributed by atoms with Crippen LogP contribution in [0.4, 0.5) is 0 Å². The molecule has 3 atom stereocenters. The second-order valence-corrected chi connectivity index (χ2v) is 4.74. The Morgan fingerprint density at radius 3 is 2.73 bits per heavy atom. The molecule has 90 valence electrons. The highest BCUT2D eigenvalue weighted by atomic mass is 16.5. The molecule has 0 aliphatic carbocycles. The van der Waals surface area contributed by atoms with Crippen LogP contribution in [-0.2, 0) is 9.47 Å². The van der Waals surface area contributed by atoms with Gasteiger partial charge in [-0.1, -0.05) is 0 Å². The van der Waals surface area contributed by atoms with Gasteiger partial charge in [0.2, 0.25) is 0 Å². The van der Waals surface area contributed by atoms with Gasteiger partial charge in [-0.05, 0) is 33.9 Å². The fourth-order valence-electron chi connectivity index (χ4n) is 2.43. The van der Waals surface area contributed by atoms with Gasteiger partial charge < -0.3 is 20.1 Å². The summed E-state index contributed by atoms with van der Waals surface area (Å²) in [6, 6.07) is 0.490. The molecule has 1 aliphatic heterocycles. The lowest BCUT2D eigenvalue weighted by Crippen LogP contribution is -2.58. The molecular formula is C11H24N2O2. The van der Waals surface area contributed by atoms with E-state index in [4.69, 9.17) is 15.2 Å². The van der Waals surface area contributed by atoms with Crippen LogP contribution in [0.2, 0.25) is 0 Å². The summed E-state index contributed by atoms with van der Waals surface area (Å²) in [6.07, 6.45) is 2.00. The van der Waals surface area contributed by atoms with E-state index < -0.39 is 5.72 Å². The second-order valence-electron chi connectivity index (χ2n) is 4.74. The predicted molar refractivity (Wildman–Crippen MR) is 60.6 cm³/mol. The standard InChI is InChI=1S/C11H24N2O2/c1-11(12)9(5-7-14-4)10(13(2)3)6-8-15-11/h9-10H,5-8,12H2,1-4H3. The molecule has 1 heterocycles. The Balaban J connectivity index is 2.68. The first-order chi connectivity index (χ1) is 6.99. The van der Waals surface area contributed by atoms with Crippen molar-refractivity contribution >= 4 is 0 Å². The van der Waals surface area contributed by atoms with Gasteiger partial charge in [0, 0.05) is 25.7 Å². The highest BCUT2D eigenvalue weighted by Crippen LogP contribution is 2.31. The Bertz CT molecular complexity index is 195. The molecule has 0 aromatic rings. The van der Waals surface area contributed by atoms with E-state index in [1.807, 2.05) is 6.92 Å². The minimum atomic E-state index is -0.522. The van der Waals surface area contributed by atoms with Crippen LogP contribution in [0, 0.1) is 5.92 Å². The van der Waals surface area contributed by atoms with Crippen molar-refractivity contribution in [2.24, 2.45) is 11.7 Å². The van der Waals surface area contributed by atoms with Crippen LogP contribution >= 0.6 is 0 Å². The highest BCUT2D eigenvalue weighted by molar-refractivity contribution is 4.91. The predicted octanol–water partition coefficient (Wildman–Crippen LogP) is 0.665. The molecule has 1 fully saturated rings. The van der Waals surface area contributed by atoms with Gasteiger partial charge >= 0.3 is 0 Å². The van der Waals surface area contributed by atoms with Gasteiger partial charge in [0.25, 0.3) is 0 Å². The van der Waals surface area contributed by atoms with Crippen molar-refractivity contribution in [1.82, 2.24) is 4.90 Å². The Labute approximate surface area is 92.7 Å². The number of ether oxygens (including phenoxy) is 2. The number of rotatable bonds is 4. The summed E-state index contributed by atoms with van der Waals surface area (Å²) in [5, 5.41) is 0. The van der Waals surface area contributed by atoms with E-state index in [1.54, 1.807) is 7.11 Å². The van der Waals surface area contributed by atoms with Crippen LogP contribution in [0.1, 0.15) is 19.8 Å². The summed E-state index contributed by atoms with van der Waals surface area (Å²) in [4.78, 5) is 2.24. The number of methoxy groups -OCH3 is 1. The first-order valence-electron chi connectivity index (χ1n) is 5.57. The SMILES string of the molecule is COCCC1C(N(C)C)CCOC1(C)N. The van der Waals surface area contributed by atoms with Gasteiger partial charge in [0.05, 0.1) is 6.61 Å². The van der Waals surface area contributed by atoms with E-state index >= 15 is 0 Å². The summed E-state index contributed by atoms with van der Waals surface area (Å²) >= 11 is 0. The summed E-state index contributed by atoms with van der Waals surface area (Å²) < 4.78 is 10.8. The number of hydrogen-bond acceptors (Lipinski definition) is 4. The minimum Gasteiger partial charge on any atom is -0.385 e. The lowest BCUT2D eigenvalue weighted by Gasteiger charge is -2.46. The molecule has 0 spiro atoms. The zero-order chi connectivity index (χ0) is 11.5. The van der Waals surface area contributed by atoms with E-state index in [2.05, 4.69) is 19.0 Å². The Morgan fingerprint density at radius 1 is 1.53 bits per heavy atom. The van der Waals surface area contributed by atoms with E-state index in [1.165, 1.54) is 0 Å². The quantitative estimate of drug-likeness (QED) is 0.750. The molecule has 15 heavy (non-hydrogen) atoms. The molecule has 0 aromatic heterocycles. The average Bonchev–Trinajstić information content (AvgIpc) is 2.14. The molecule has 0 saturated carbocycles. The first kappa shape index (κ1) is 12.9. The third kappa shape index (κ3) is 3.14. The molecule has 3 unspecified atom stereocenters. The largest absolute Gasteiger partial charge is 0.385 e. The maximum Gasteiger partial charge on any atom is 0.118 e. The molecule has 1 saturated heterocycles. The van der Waals surface area contributed by atoms with Crippen LogP contribution in [0.5, 0.6) is 0 Å². The minimum absolute atomic E-state index is 0.334. The molecule has 0 bridgehead atoms. The zero-order valence-corrected chi connectivity index (χ0v) is 10.3. The smallest absolute Gasteiger partial charge is 0.118 e. The van der Waals surface area contributed by atoms with Crippen LogP contribution in [0.25, 0.3) is 0 Å². The average molecular weight is 216 g/mol. The number of nitrogens with zero attached hydrogens (tertiary/aromatic N) is 1. The lowest BCUT2D eigenvalue weighted by atomic mass is 9.83. The molecule has 4 heteroatoms. The van der Waals surface area contributed by atoms with E-state index in [0.29, 0.717) is 12.0 Å². The Kier molecular flexibility index (Phi) is 4.52. The molecule has 0 amide bonds. The van der Waals surface area contributed by atoms with Gasteiger partial charge in [0.15, 0.2) is 0 Å². The van der Waals surface area contributed by atoms with Crippen LogP contribution in [0.3, 0.4) is 0 Å². The summed E-state index contributed by atoms with van der Waals surface area (Å²) in [5.41, 5.74) is 5.66. The molecule has 0 radical (unpaired) electrons. The topological polar surface area (TPSA) is 47.7 Å². The van der Waals surface area contributed by atoms with Crippen molar-refractivity contribution in [3.8, 4) is 0 Å². The van der Waals surface area contributed by atoms with Gasteiger partial charge in [-0.25, -0.2) is 0 Å². The maximum atomic E-state index is 6.19. The lowest BCUT2D eigenvalue weighted by molar-refractivity contribution is -0.136. The fourth-order valence-corrected chi connectivity index (χ4v) is 2.43. The fraction of sp³-hybridized carbons (Fsp3) is 1.00. The first-order valence-corrected chi connectivity index (χ1v) is 5.57. The van der Waals surface area contributed by atoms with Crippen molar-refractivity contribution in [2.75, 3.05) is 34.4 Å². The van der Waals surface area contributed by atoms with Gasteiger partial charge in [0.1, 0.15) is 5.72 Å². The van der Waals surface area contributed by atoms with Crippen LogP contribution in [-0.4, -0.2) is 51.1 Å². The van der Waals surface area contributed by atoms with Crippen LogP contribution in [0.15, 0.2) is 0 Å². The second kappa shape index (κ2) is 5.25. The van der Waals surface area contributed by atoms with Gasteiger partial charge in [-0.15, -0.1) is 0 Å². The van der Waals surface area contributed by atoms with Crippen molar-refractivity contribution in [3.05, 3.63) is 0 Å². The number of nitrogens with two attached hydrogens (primary N) is 1. The maximum absolute atomic E-state index is 6.19. The Hall–Kier alpha value is -0.160. The Morgan fingerprint density at radius 2 is 2.20 bits per heavy atom. The van der Waals surface area contributed by atoms with Crippen LogP contribution < -0.4 is 5.73 Å². The molecule has 2 N–H and O–H groups in total. The third-order valence-electron chi connectivity index (χ3n) is 3.32. The summed E-state index contributed by atoms with van der Waals surface area (Å²) in [7, 11) is 5.93. The van der Waals surface area contributed by atoms with Crippen molar-refractivity contribution in [1.29, 1.82) is 0 Å². The number of hydrogen-bond donors (Lipinski definition) is 1. The van der Waals surface area contributed by atoms with Gasteiger partial charge in [-0.2, -0.15) is 0 Å². The van der Waals surface area contributed by atoms with Gasteiger partial charge in [-0.3, -0.25) is 0 Å². The molecule has 1 rings (SSSR count). The summed E-state index contributed by atoms with van der Waals surface area (Å²) in [5.74, 6) is 0.334. The van der Waals surface area contributed by atoms with E-state index in [-0.39, 0.29) is 0 Å². The van der Waals surface area contributed by atoms with Crippen molar-refractivity contribution in [2.45, 2.75) is 31.5 Å². The monoisotopic (exact) mass is 216 g/mol. The van der Waals surface area contributed by atoms with Crippen molar-refractivity contribution in [3.63, 3.8) is 0 Å². The molecule has 4 nitrogen and oxygen atoms in total.